The van der Waals surface area contributed by atoms with Gasteiger partial charge in [0.2, 0.25) is 0 Å². The quantitative estimate of drug-likeness (QED) is 0.194. The molecule has 8 aromatic carbocycles. The second-order valence-corrected chi connectivity index (χ2v) is 12.9. The third-order valence-corrected chi connectivity index (χ3v) is 10.2. The number of nitrogens with zero attached hydrogens (tertiary/aromatic N) is 3. The van der Waals surface area contributed by atoms with E-state index in [1.807, 2.05) is 24.3 Å². The number of para-hydroxylation sites is 2. The van der Waals surface area contributed by atoms with Gasteiger partial charge in [-0.25, -0.2) is 9.97 Å². The molecule has 0 atom stereocenters. The molecule has 4 nitrogen and oxygen atoms in total. The number of furan rings is 1. The lowest BCUT2D eigenvalue weighted by Crippen LogP contribution is -1.97. The first-order valence-electron chi connectivity index (χ1n) is 16.9. The van der Waals surface area contributed by atoms with Gasteiger partial charge in [-0.2, -0.15) is 0 Å². The highest BCUT2D eigenvalue weighted by atomic mass is 16.3. The number of hydrogen-bond acceptors (Lipinski definition) is 3. The van der Waals surface area contributed by atoms with Crippen molar-refractivity contribution in [1.82, 2.24) is 14.5 Å². The largest absolute Gasteiger partial charge is 0.454 e. The Morgan fingerprint density at radius 3 is 1.90 bits per heavy atom. The molecule has 0 N–H and O–H groups in total. The van der Waals surface area contributed by atoms with Crippen LogP contribution in [0.3, 0.4) is 0 Å². The molecule has 0 aliphatic heterocycles. The van der Waals surface area contributed by atoms with E-state index >= 15 is 0 Å². The van der Waals surface area contributed by atoms with Crippen LogP contribution in [0.25, 0.3) is 105 Å². The summed E-state index contributed by atoms with van der Waals surface area (Å²) in [5.41, 5.74) is 8.96. The minimum Gasteiger partial charge on any atom is -0.454 e. The van der Waals surface area contributed by atoms with Gasteiger partial charge < -0.3 is 8.98 Å². The molecule has 0 bridgehead atoms. The minimum atomic E-state index is 0.701. The fraction of sp³-hybridized carbons (Fsp3) is 0. The first-order valence-corrected chi connectivity index (χ1v) is 16.9. The van der Waals surface area contributed by atoms with Gasteiger partial charge in [-0.05, 0) is 52.6 Å². The van der Waals surface area contributed by atoms with Crippen LogP contribution in [-0.4, -0.2) is 14.5 Å². The fourth-order valence-electron chi connectivity index (χ4n) is 7.97. The average molecular weight is 638 g/mol. The zero-order valence-corrected chi connectivity index (χ0v) is 26.8. The van der Waals surface area contributed by atoms with Gasteiger partial charge in [0.1, 0.15) is 5.58 Å². The summed E-state index contributed by atoms with van der Waals surface area (Å²) >= 11 is 0. The molecule has 0 unspecified atom stereocenters. The van der Waals surface area contributed by atoms with E-state index in [4.69, 9.17) is 14.4 Å². The van der Waals surface area contributed by atoms with Crippen molar-refractivity contribution in [3.63, 3.8) is 0 Å². The SMILES string of the molecule is c1ccc(-c2nc(-c3ccc(-n4c5c6ccccc6ccc5c5c6ccccc6c6c7ccccc7oc6c54)cc3)nc3ccccc23)cc1. The molecule has 50 heavy (non-hydrogen) atoms. The molecule has 4 heteroatoms. The fourth-order valence-corrected chi connectivity index (χ4v) is 7.97. The van der Waals surface area contributed by atoms with Crippen LogP contribution in [-0.2, 0) is 0 Å². The van der Waals surface area contributed by atoms with Gasteiger partial charge in [0.25, 0.3) is 0 Å². The summed E-state index contributed by atoms with van der Waals surface area (Å²) < 4.78 is 9.23. The monoisotopic (exact) mass is 637 g/mol. The van der Waals surface area contributed by atoms with Crippen LogP contribution in [0.4, 0.5) is 0 Å². The summed E-state index contributed by atoms with van der Waals surface area (Å²) in [7, 11) is 0. The van der Waals surface area contributed by atoms with E-state index in [0.717, 1.165) is 66.4 Å². The van der Waals surface area contributed by atoms with Crippen LogP contribution in [0.5, 0.6) is 0 Å². The molecule has 0 aliphatic carbocycles. The van der Waals surface area contributed by atoms with E-state index in [-0.39, 0.29) is 0 Å². The highest BCUT2D eigenvalue weighted by molar-refractivity contribution is 6.36. The van der Waals surface area contributed by atoms with E-state index < -0.39 is 0 Å². The first-order chi connectivity index (χ1) is 24.8. The minimum absolute atomic E-state index is 0.701. The van der Waals surface area contributed by atoms with Crippen molar-refractivity contribution in [2.24, 2.45) is 0 Å². The van der Waals surface area contributed by atoms with Crippen LogP contribution in [0.15, 0.2) is 168 Å². The van der Waals surface area contributed by atoms with Crippen molar-refractivity contribution in [2.45, 2.75) is 0 Å². The van der Waals surface area contributed by atoms with Crippen molar-refractivity contribution in [3.8, 4) is 28.3 Å². The van der Waals surface area contributed by atoms with Crippen molar-refractivity contribution < 1.29 is 4.42 Å². The number of aromatic nitrogens is 3. The van der Waals surface area contributed by atoms with Crippen LogP contribution in [0, 0.1) is 0 Å². The Bertz CT molecular complexity index is 3140. The van der Waals surface area contributed by atoms with Gasteiger partial charge in [0.15, 0.2) is 11.4 Å². The molecule has 0 saturated heterocycles. The van der Waals surface area contributed by atoms with Gasteiger partial charge in [-0.1, -0.05) is 127 Å². The average Bonchev–Trinajstić information content (AvgIpc) is 3.75. The Hall–Kier alpha value is -6.78. The van der Waals surface area contributed by atoms with Gasteiger partial charge in [0.05, 0.1) is 22.2 Å². The molecule has 0 amide bonds. The Balaban J connectivity index is 1.22. The maximum atomic E-state index is 6.83. The molecule has 0 radical (unpaired) electrons. The van der Waals surface area contributed by atoms with E-state index in [0.29, 0.717) is 5.82 Å². The van der Waals surface area contributed by atoms with Crippen molar-refractivity contribution in [3.05, 3.63) is 164 Å². The molecule has 232 valence electrons. The Kier molecular flexibility index (Phi) is 5.63. The first kappa shape index (κ1) is 27.2. The predicted molar refractivity (Wildman–Crippen MR) is 207 cm³/mol. The van der Waals surface area contributed by atoms with Crippen LogP contribution < -0.4 is 0 Å². The smallest absolute Gasteiger partial charge is 0.160 e. The summed E-state index contributed by atoms with van der Waals surface area (Å²) in [5.74, 6) is 0.701. The molecule has 0 fully saturated rings. The zero-order valence-electron chi connectivity index (χ0n) is 26.8. The topological polar surface area (TPSA) is 43.9 Å². The third kappa shape index (κ3) is 3.81. The summed E-state index contributed by atoms with van der Waals surface area (Å²) in [6, 6.07) is 57.6. The van der Waals surface area contributed by atoms with Gasteiger partial charge in [0, 0.05) is 49.1 Å². The van der Waals surface area contributed by atoms with Gasteiger partial charge in [-0.3, -0.25) is 0 Å². The summed E-state index contributed by atoms with van der Waals surface area (Å²) in [6.07, 6.45) is 0. The Labute approximate surface area is 286 Å². The lowest BCUT2D eigenvalue weighted by atomic mass is 9.98. The van der Waals surface area contributed by atoms with Gasteiger partial charge in [-0.15, -0.1) is 0 Å². The van der Waals surface area contributed by atoms with Crippen molar-refractivity contribution in [2.75, 3.05) is 0 Å². The lowest BCUT2D eigenvalue weighted by Gasteiger charge is -2.12. The normalized spacial score (nSPS) is 12.0. The van der Waals surface area contributed by atoms with Crippen molar-refractivity contribution >= 4 is 76.2 Å². The molecule has 11 aromatic rings. The molecule has 0 saturated carbocycles. The molecular weight excluding hydrogens is 611 g/mol. The maximum absolute atomic E-state index is 6.83. The highest BCUT2D eigenvalue weighted by Crippen LogP contribution is 2.47. The van der Waals surface area contributed by atoms with E-state index in [1.165, 1.54) is 32.3 Å². The van der Waals surface area contributed by atoms with Crippen LogP contribution in [0.2, 0.25) is 0 Å². The van der Waals surface area contributed by atoms with E-state index in [9.17, 15) is 0 Å². The summed E-state index contributed by atoms with van der Waals surface area (Å²) in [6.45, 7) is 0. The lowest BCUT2D eigenvalue weighted by molar-refractivity contribution is 0.671. The molecule has 3 heterocycles. The van der Waals surface area contributed by atoms with E-state index in [2.05, 4.69) is 144 Å². The zero-order chi connectivity index (χ0) is 32.8. The van der Waals surface area contributed by atoms with Gasteiger partial charge >= 0.3 is 0 Å². The molecular formula is C46H27N3O. The van der Waals surface area contributed by atoms with Crippen molar-refractivity contribution in [1.29, 1.82) is 0 Å². The predicted octanol–water partition coefficient (Wildman–Crippen LogP) is 12.3. The Morgan fingerprint density at radius 2 is 1.08 bits per heavy atom. The molecule has 3 aromatic heterocycles. The molecule has 0 aliphatic rings. The number of fused-ring (bicyclic) bond motifs is 13. The number of hydrogen-bond donors (Lipinski definition) is 0. The number of rotatable bonds is 3. The number of benzene rings is 8. The second-order valence-electron chi connectivity index (χ2n) is 12.9. The summed E-state index contributed by atoms with van der Waals surface area (Å²) in [4.78, 5) is 10.2. The standard InChI is InChI=1S/C46H27N3O/c1-2-13-29(14-3-1)42-35-18-8-10-20-38(35)47-46(48-42)30-22-25-31(26-23-30)49-43-32-15-5-4-12-28(32)24-27-37(43)40-33-16-6-7-17-34(33)41-36-19-9-11-21-39(36)50-45(41)44(40)49/h1-27H. The molecule has 0 spiro atoms. The third-order valence-electron chi connectivity index (χ3n) is 10.2. The maximum Gasteiger partial charge on any atom is 0.160 e. The Morgan fingerprint density at radius 1 is 0.420 bits per heavy atom. The van der Waals surface area contributed by atoms with Crippen LogP contribution in [0.1, 0.15) is 0 Å². The van der Waals surface area contributed by atoms with E-state index in [1.54, 1.807) is 0 Å². The molecule has 11 rings (SSSR count). The second kappa shape index (κ2) is 10.4. The summed E-state index contributed by atoms with van der Waals surface area (Å²) in [5, 5.41) is 10.5. The van der Waals surface area contributed by atoms with Crippen LogP contribution >= 0.6 is 0 Å². The highest BCUT2D eigenvalue weighted by Gasteiger charge is 2.24.